The third kappa shape index (κ3) is 8.21. The molecule has 2 aliphatic rings. The lowest BCUT2D eigenvalue weighted by atomic mass is 10.4. The number of aliphatic imine (C=N–C) groups is 1. The van der Waals surface area contributed by atoms with Crippen molar-refractivity contribution >= 4 is 29.9 Å². The first-order valence-corrected chi connectivity index (χ1v) is 8.21. The summed E-state index contributed by atoms with van der Waals surface area (Å²) < 4.78 is 0. The Kier molecular flexibility index (Phi) is 9.59. The van der Waals surface area contributed by atoms with Gasteiger partial charge in [-0.2, -0.15) is 0 Å². The lowest BCUT2D eigenvalue weighted by molar-refractivity contribution is 0.280. The number of rotatable bonds is 6. The molecule has 2 fully saturated rings. The van der Waals surface area contributed by atoms with Gasteiger partial charge in [-0.15, -0.1) is 24.0 Å². The van der Waals surface area contributed by atoms with Crippen LogP contribution in [-0.4, -0.2) is 75.2 Å². The Balaban J connectivity index is 0.00000220. The van der Waals surface area contributed by atoms with Crippen LogP contribution < -0.4 is 10.6 Å². The molecule has 0 aromatic rings. The normalized spacial score (nSPS) is 21.5. The number of likely N-dealkylation sites (N-methyl/N-ethyl adjacent to an activating group) is 1. The molecule has 0 radical (unpaired) electrons. The van der Waals surface area contributed by atoms with Gasteiger partial charge in [0.15, 0.2) is 5.96 Å². The number of halogens is 1. The van der Waals surface area contributed by atoms with Crippen molar-refractivity contribution in [2.45, 2.75) is 26.2 Å². The lowest BCUT2D eigenvalue weighted by Gasteiger charge is -2.21. The van der Waals surface area contributed by atoms with Gasteiger partial charge in [0, 0.05) is 39.3 Å². The zero-order valence-corrected chi connectivity index (χ0v) is 15.9. The second-order valence-corrected chi connectivity index (χ2v) is 6.09. The summed E-state index contributed by atoms with van der Waals surface area (Å²) in [5.74, 6) is 1.85. The molecule has 1 heterocycles. The molecule has 1 saturated heterocycles. The summed E-state index contributed by atoms with van der Waals surface area (Å²) in [6.07, 6.45) is 4.01. The summed E-state index contributed by atoms with van der Waals surface area (Å²) in [5, 5.41) is 6.80. The van der Waals surface area contributed by atoms with Gasteiger partial charge in [0.2, 0.25) is 0 Å². The van der Waals surface area contributed by atoms with Crippen molar-refractivity contribution in [2.75, 3.05) is 59.4 Å². The van der Waals surface area contributed by atoms with E-state index in [0.29, 0.717) is 0 Å². The van der Waals surface area contributed by atoms with Gasteiger partial charge in [0.1, 0.15) is 0 Å². The third-order valence-corrected chi connectivity index (χ3v) is 4.08. The minimum atomic E-state index is 0. The van der Waals surface area contributed by atoms with Crippen molar-refractivity contribution < 1.29 is 0 Å². The number of guanidine groups is 1. The molecule has 0 aromatic carbocycles. The Bertz CT molecular complexity index is 306. The minimum Gasteiger partial charge on any atom is -0.357 e. The van der Waals surface area contributed by atoms with E-state index in [4.69, 9.17) is 0 Å². The van der Waals surface area contributed by atoms with E-state index < -0.39 is 0 Å². The van der Waals surface area contributed by atoms with Gasteiger partial charge < -0.3 is 20.4 Å². The molecule has 0 aromatic heterocycles. The van der Waals surface area contributed by atoms with Gasteiger partial charge in [-0.05, 0) is 52.2 Å². The minimum absolute atomic E-state index is 0. The van der Waals surface area contributed by atoms with Crippen molar-refractivity contribution in [3.63, 3.8) is 0 Å². The first-order chi connectivity index (χ1) is 9.78. The zero-order valence-electron chi connectivity index (χ0n) is 13.6. The van der Waals surface area contributed by atoms with Crippen LogP contribution in [0, 0.1) is 5.92 Å². The molecular weight excluding hydrogens is 377 g/mol. The Morgan fingerprint density at radius 1 is 1.14 bits per heavy atom. The average molecular weight is 409 g/mol. The average Bonchev–Trinajstić information content (AvgIpc) is 3.25. The van der Waals surface area contributed by atoms with Crippen LogP contribution in [0.1, 0.15) is 26.2 Å². The van der Waals surface area contributed by atoms with E-state index in [0.717, 1.165) is 38.1 Å². The molecule has 2 N–H and O–H groups in total. The maximum Gasteiger partial charge on any atom is 0.191 e. The zero-order chi connectivity index (χ0) is 14.2. The third-order valence-electron chi connectivity index (χ3n) is 4.08. The fourth-order valence-electron chi connectivity index (χ4n) is 2.52. The van der Waals surface area contributed by atoms with E-state index in [1.165, 1.54) is 45.4 Å². The van der Waals surface area contributed by atoms with Crippen molar-refractivity contribution in [3.05, 3.63) is 0 Å². The first kappa shape index (κ1) is 19.0. The van der Waals surface area contributed by atoms with Gasteiger partial charge in [-0.3, -0.25) is 4.99 Å². The second kappa shape index (κ2) is 10.6. The van der Waals surface area contributed by atoms with Crippen LogP contribution in [0.3, 0.4) is 0 Å². The predicted molar refractivity (Wildman–Crippen MR) is 101 cm³/mol. The smallest absolute Gasteiger partial charge is 0.191 e. The molecule has 1 aliphatic heterocycles. The van der Waals surface area contributed by atoms with Gasteiger partial charge in [-0.1, -0.05) is 0 Å². The highest BCUT2D eigenvalue weighted by atomic mass is 127. The topological polar surface area (TPSA) is 42.9 Å². The molecule has 124 valence electrons. The van der Waals surface area contributed by atoms with Crippen LogP contribution in [0.4, 0.5) is 0 Å². The summed E-state index contributed by atoms with van der Waals surface area (Å²) in [6, 6.07) is 0. The molecule has 21 heavy (non-hydrogen) atoms. The summed E-state index contributed by atoms with van der Waals surface area (Å²) >= 11 is 0. The molecule has 0 amide bonds. The predicted octanol–water partition coefficient (Wildman–Crippen LogP) is 1.21. The molecular formula is C15H32IN5. The van der Waals surface area contributed by atoms with E-state index in [1.54, 1.807) is 0 Å². The highest BCUT2D eigenvalue weighted by Gasteiger charge is 2.20. The Morgan fingerprint density at radius 3 is 2.67 bits per heavy atom. The fourth-order valence-corrected chi connectivity index (χ4v) is 2.52. The highest BCUT2D eigenvalue weighted by Crippen LogP contribution is 2.28. The fraction of sp³-hybridized carbons (Fsp3) is 0.933. The van der Waals surface area contributed by atoms with Crippen molar-refractivity contribution in [1.82, 2.24) is 20.4 Å². The molecule has 1 aliphatic carbocycles. The van der Waals surface area contributed by atoms with Crippen LogP contribution in [-0.2, 0) is 0 Å². The molecule has 0 spiro atoms. The van der Waals surface area contributed by atoms with Crippen LogP contribution in [0.15, 0.2) is 4.99 Å². The largest absolute Gasteiger partial charge is 0.357 e. The molecule has 5 nitrogen and oxygen atoms in total. The summed E-state index contributed by atoms with van der Waals surface area (Å²) in [6.45, 7) is 11.0. The van der Waals surface area contributed by atoms with E-state index in [2.05, 4.69) is 39.4 Å². The standard InChI is InChI=1S/C15H31N5.HI/c1-3-16-15(18-13-14-5-6-14)17-7-10-20-9-4-8-19(2)11-12-20;/h14H,3-13H2,1-2H3,(H2,16,17,18);1H. The van der Waals surface area contributed by atoms with Crippen LogP contribution >= 0.6 is 24.0 Å². The van der Waals surface area contributed by atoms with Crippen molar-refractivity contribution in [1.29, 1.82) is 0 Å². The van der Waals surface area contributed by atoms with E-state index in [1.807, 2.05) is 0 Å². The van der Waals surface area contributed by atoms with Gasteiger partial charge in [0.05, 0.1) is 0 Å². The Hall–Kier alpha value is -0.0800. The quantitative estimate of drug-likeness (QED) is 0.393. The van der Waals surface area contributed by atoms with Crippen LogP contribution in [0.2, 0.25) is 0 Å². The Morgan fingerprint density at radius 2 is 1.95 bits per heavy atom. The Labute approximate surface area is 146 Å². The number of nitrogens with one attached hydrogen (secondary N) is 2. The number of hydrogen-bond donors (Lipinski definition) is 2. The molecule has 6 heteroatoms. The van der Waals surface area contributed by atoms with Gasteiger partial charge in [0.25, 0.3) is 0 Å². The van der Waals surface area contributed by atoms with Gasteiger partial charge >= 0.3 is 0 Å². The lowest BCUT2D eigenvalue weighted by Crippen LogP contribution is -2.42. The number of nitrogens with zero attached hydrogens (tertiary/aromatic N) is 3. The van der Waals surface area contributed by atoms with Crippen molar-refractivity contribution in [2.24, 2.45) is 10.9 Å². The van der Waals surface area contributed by atoms with E-state index in [9.17, 15) is 0 Å². The molecule has 0 unspecified atom stereocenters. The first-order valence-electron chi connectivity index (χ1n) is 8.21. The SMILES string of the molecule is CCNC(=NCC1CC1)NCCN1CCCN(C)CC1.I. The maximum atomic E-state index is 4.66. The maximum absolute atomic E-state index is 4.66. The van der Waals surface area contributed by atoms with Crippen LogP contribution in [0.25, 0.3) is 0 Å². The number of hydrogen-bond acceptors (Lipinski definition) is 3. The van der Waals surface area contributed by atoms with E-state index in [-0.39, 0.29) is 24.0 Å². The van der Waals surface area contributed by atoms with Gasteiger partial charge in [-0.25, -0.2) is 0 Å². The molecule has 1 saturated carbocycles. The molecule has 0 bridgehead atoms. The highest BCUT2D eigenvalue weighted by molar-refractivity contribution is 14.0. The molecule has 0 atom stereocenters. The van der Waals surface area contributed by atoms with Crippen molar-refractivity contribution in [3.8, 4) is 0 Å². The summed E-state index contributed by atoms with van der Waals surface area (Å²) in [7, 11) is 2.22. The monoisotopic (exact) mass is 409 g/mol. The second-order valence-electron chi connectivity index (χ2n) is 6.09. The summed E-state index contributed by atoms with van der Waals surface area (Å²) in [5.41, 5.74) is 0. The summed E-state index contributed by atoms with van der Waals surface area (Å²) in [4.78, 5) is 9.64. The molecule has 2 rings (SSSR count). The van der Waals surface area contributed by atoms with Crippen LogP contribution in [0.5, 0.6) is 0 Å². The van der Waals surface area contributed by atoms with E-state index >= 15 is 0 Å².